The lowest BCUT2D eigenvalue weighted by atomic mass is 10.0. The van der Waals surface area contributed by atoms with Crippen molar-refractivity contribution in [3.63, 3.8) is 0 Å². The molecule has 0 aliphatic carbocycles. The third-order valence-electron chi connectivity index (χ3n) is 3.67. The number of hydrogen-bond acceptors (Lipinski definition) is 2. The van der Waals surface area contributed by atoms with Crippen LogP contribution in [-0.4, -0.2) is 15.6 Å². The van der Waals surface area contributed by atoms with Gasteiger partial charge < -0.3 is 10.3 Å². The molecule has 102 valence electrons. The average Bonchev–Trinajstić information content (AvgIpc) is 2.81. The molecule has 1 unspecified atom stereocenters. The topological polar surface area (TPSA) is 43.8 Å². The van der Waals surface area contributed by atoms with Gasteiger partial charge in [0.2, 0.25) is 0 Å². The van der Waals surface area contributed by atoms with Gasteiger partial charge >= 0.3 is 0 Å². The van der Waals surface area contributed by atoms with Crippen LogP contribution >= 0.6 is 0 Å². The lowest BCUT2D eigenvalue weighted by Gasteiger charge is -2.10. The number of imidazole rings is 1. The van der Waals surface area contributed by atoms with E-state index in [-0.39, 0.29) is 6.04 Å². The number of hydrogen-bond donors (Lipinski definition) is 1. The molecule has 1 atom stereocenters. The molecule has 3 heteroatoms. The van der Waals surface area contributed by atoms with Crippen molar-refractivity contribution in [3.8, 4) is 0 Å². The first-order valence-corrected chi connectivity index (χ1v) is 6.91. The standard InChI is InChI=1S/C16H23N3/c1-4-14(17)8-15-9-19(11-18-15)10-16-12(2)6-5-7-13(16)3/h5-7,9,11,14H,4,8,10,17H2,1-3H3. The van der Waals surface area contributed by atoms with Gasteiger partial charge in [0.05, 0.1) is 12.0 Å². The van der Waals surface area contributed by atoms with Crippen LogP contribution in [-0.2, 0) is 13.0 Å². The molecule has 2 N–H and O–H groups in total. The molecular weight excluding hydrogens is 234 g/mol. The van der Waals surface area contributed by atoms with Crippen LogP contribution < -0.4 is 5.73 Å². The molecule has 0 amide bonds. The van der Waals surface area contributed by atoms with Gasteiger partial charge in [-0.05, 0) is 37.0 Å². The second kappa shape index (κ2) is 6.02. The zero-order valence-electron chi connectivity index (χ0n) is 12.1. The van der Waals surface area contributed by atoms with Crippen LogP contribution in [0.2, 0.25) is 0 Å². The van der Waals surface area contributed by atoms with Crippen molar-refractivity contribution < 1.29 is 0 Å². The molecule has 1 aromatic carbocycles. The predicted octanol–water partition coefficient (Wildman–Crippen LogP) is 2.83. The highest BCUT2D eigenvalue weighted by Crippen LogP contribution is 2.15. The van der Waals surface area contributed by atoms with Gasteiger partial charge in [-0.15, -0.1) is 0 Å². The largest absolute Gasteiger partial charge is 0.333 e. The molecular formula is C16H23N3. The summed E-state index contributed by atoms with van der Waals surface area (Å²) in [6.45, 7) is 7.31. The SMILES string of the molecule is CCC(N)Cc1cn(Cc2c(C)cccc2C)cn1. The van der Waals surface area contributed by atoms with Gasteiger partial charge in [0.1, 0.15) is 0 Å². The van der Waals surface area contributed by atoms with Crippen LogP contribution in [0, 0.1) is 13.8 Å². The lowest BCUT2D eigenvalue weighted by Crippen LogP contribution is -2.21. The molecule has 1 heterocycles. The first kappa shape index (κ1) is 13.8. The zero-order chi connectivity index (χ0) is 13.8. The van der Waals surface area contributed by atoms with Crippen LogP contribution in [0.3, 0.4) is 0 Å². The van der Waals surface area contributed by atoms with Crippen LogP contribution in [0.5, 0.6) is 0 Å². The van der Waals surface area contributed by atoms with Crippen LogP contribution in [0.15, 0.2) is 30.7 Å². The number of aryl methyl sites for hydroxylation is 2. The Labute approximate surface area is 115 Å². The van der Waals surface area contributed by atoms with Crippen LogP contribution in [0.4, 0.5) is 0 Å². The Balaban J connectivity index is 2.12. The van der Waals surface area contributed by atoms with E-state index in [1.807, 2.05) is 6.33 Å². The Morgan fingerprint density at radius 1 is 1.26 bits per heavy atom. The summed E-state index contributed by atoms with van der Waals surface area (Å²) in [4.78, 5) is 4.44. The molecule has 0 saturated carbocycles. The van der Waals surface area contributed by atoms with E-state index in [1.54, 1.807) is 0 Å². The van der Waals surface area contributed by atoms with E-state index in [4.69, 9.17) is 5.73 Å². The van der Waals surface area contributed by atoms with E-state index >= 15 is 0 Å². The molecule has 0 saturated heterocycles. The first-order chi connectivity index (χ1) is 9.10. The molecule has 1 aromatic heterocycles. The maximum absolute atomic E-state index is 5.97. The molecule has 0 aliphatic rings. The quantitative estimate of drug-likeness (QED) is 0.895. The van der Waals surface area contributed by atoms with Crippen molar-refractivity contribution in [3.05, 3.63) is 53.1 Å². The van der Waals surface area contributed by atoms with Crippen molar-refractivity contribution in [1.82, 2.24) is 9.55 Å². The van der Waals surface area contributed by atoms with Gasteiger partial charge in [0.15, 0.2) is 0 Å². The number of aromatic nitrogens is 2. The molecule has 19 heavy (non-hydrogen) atoms. The smallest absolute Gasteiger partial charge is 0.0952 e. The minimum absolute atomic E-state index is 0.212. The Bertz CT molecular complexity index is 522. The normalized spacial score (nSPS) is 12.6. The molecule has 0 radical (unpaired) electrons. The number of benzene rings is 1. The molecule has 3 nitrogen and oxygen atoms in total. The van der Waals surface area contributed by atoms with E-state index in [0.29, 0.717) is 0 Å². The average molecular weight is 257 g/mol. The van der Waals surface area contributed by atoms with Gasteiger partial charge in [-0.25, -0.2) is 4.98 Å². The maximum atomic E-state index is 5.97. The van der Waals surface area contributed by atoms with Crippen LogP contribution in [0.1, 0.15) is 35.7 Å². The molecule has 0 spiro atoms. The molecule has 0 fully saturated rings. The fourth-order valence-electron chi connectivity index (χ4n) is 2.29. The van der Waals surface area contributed by atoms with Crippen LogP contribution in [0.25, 0.3) is 0 Å². The van der Waals surface area contributed by atoms with Gasteiger partial charge in [-0.3, -0.25) is 0 Å². The summed E-state index contributed by atoms with van der Waals surface area (Å²) in [7, 11) is 0. The van der Waals surface area contributed by atoms with Crippen molar-refractivity contribution in [2.75, 3.05) is 0 Å². The van der Waals surface area contributed by atoms with E-state index in [9.17, 15) is 0 Å². The molecule has 2 rings (SSSR count). The van der Waals surface area contributed by atoms with Crippen molar-refractivity contribution >= 4 is 0 Å². The van der Waals surface area contributed by atoms with E-state index in [0.717, 1.165) is 25.1 Å². The second-order valence-corrected chi connectivity index (χ2v) is 5.28. The fraction of sp³-hybridized carbons (Fsp3) is 0.438. The number of nitrogens with zero attached hydrogens (tertiary/aromatic N) is 2. The summed E-state index contributed by atoms with van der Waals surface area (Å²) >= 11 is 0. The van der Waals surface area contributed by atoms with E-state index in [1.165, 1.54) is 16.7 Å². The fourth-order valence-corrected chi connectivity index (χ4v) is 2.29. The highest BCUT2D eigenvalue weighted by molar-refractivity contribution is 5.33. The summed E-state index contributed by atoms with van der Waals surface area (Å²) < 4.78 is 2.15. The van der Waals surface area contributed by atoms with Gasteiger partial charge in [0.25, 0.3) is 0 Å². The zero-order valence-corrected chi connectivity index (χ0v) is 12.1. The molecule has 0 bridgehead atoms. The number of nitrogens with two attached hydrogens (primary N) is 1. The minimum atomic E-state index is 0.212. The van der Waals surface area contributed by atoms with Gasteiger partial charge in [0, 0.05) is 25.2 Å². The Morgan fingerprint density at radius 2 is 1.95 bits per heavy atom. The predicted molar refractivity (Wildman–Crippen MR) is 79.2 cm³/mol. The monoisotopic (exact) mass is 257 g/mol. The summed E-state index contributed by atoms with van der Waals surface area (Å²) in [5.74, 6) is 0. The maximum Gasteiger partial charge on any atom is 0.0952 e. The second-order valence-electron chi connectivity index (χ2n) is 5.28. The Hall–Kier alpha value is -1.61. The third-order valence-corrected chi connectivity index (χ3v) is 3.67. The van der Waals surface area contributed by atoms with E-state index < -0.39 is 0 Å². The van der Waals surface area contributed by atoms with E-state index in [2.05, 4.69) is 54.7 Å². The number of rotatable bonds is 5. The minimum Gasteiger partial charge on any atom is -0.333 e. The highest BCUT2D eigenvalue weighted by Gasteiger charge is 2.07. The summed E-state index contributed by atoms with van der Waals surface area (Å²) in [5.41, 5.74) is 11.1. The summed E-state index contributed by atoms with van der Waals surface area (Å²) in [6.07, 6.45) is 5.87. The molecule has 2 aromatic rings. The summed E-state index contributed by atoms with van der Waals surface area (Å²) in [6, 6.07) is 6.64. The Morgan fingerprint density at radius 3 is 2.58 bits per heavy atom. The van der Waals surface area contributed by atoms with Crippen molar-refractivity contribution in [2.45, 2.75) is 46.2 Å². The van der Waals surface area contributed by atoms with Gasteiger partial charge in [-0.2, -0.15) is 0 Å². The Kier molecular flexibility index (Phi) is 4.38. The lowest BCUT2D eigenvalue weighted by molar-refractivity contribution is 0.638. The highest BCUT2D eigenvalue weighted by atomic mass is 15.0. The first-order valence-electron chi connectivity index (χ1n) is 6.91. The molecule has 0 aliphatic heterocycles. The van der Waals surface area contributed by atoms with Crippen molar-refractivity contribution in [2.24, 2.45) is 5.73 Å². The summed E-state index contributed by atoms with van der Waals surface area (Å²) in [5, 5.41) is 0. The third kappa shape index (κ3) is 3.44. The van der Waals surface area contributed by atoms with Crippen molar-refractivity contribution in [1.29, 1.82) is 0 Å². The van der Waals surface area contributed by atoms with Gasteiger partial charge in [-0.1, -0.05) is 25.1 Å².